The Kier molecular flexibility index (Phi) is 4.89. The molecule has 1 unspecified atom stereocenters. The zero-order valence-electron chi connectivity index (χ0n) is 15.0. The summed E-state index contributed by atoms with van der Waals surface area (Å²) in [5.41, 5.74) is 0.314. The lowest BCUT2D eigenvalue weighted by molar-refractivity contribution is -0.274. The van der Waals surface area contributed by atoms with Crippen molar-refractivity contribution in [2.45, 2.75) is 31.7 Å². The van der Waals surface area contributed by atoms with Crippen LogP contribution in [0.25, 0.3) is 11.1 Å². The fraction of sp³-hybridized carbons (Fsp3) is 0.300. The highest BCUT2D eigenvalue weighted by Crippen LogP contribution is 2.35. The van der Waals surface area contributed by atoms with E-state index in [1.807, 2.05) is 0 Å². The Hall–Kier alpha value is -3.10. The number of fused-ring (bicyclic) bond motifs is 1. The second-order valence-electron chi connectivity index (χ2n) is 6.87. The number of ketones is 1. The van der Waals surface area contributed by atoms with Gasteiger partial charge >= 0.3 is 6.36 Å². The van der Waals surface area contributed by atoms with Crippen molar-refractivity contribution in [2.24, 2.45) is 5.92 Å². The molecule has 0 spiro atoms. The average Bonchev–Trinajstić information content (AvgIpc) is 3.28. The molecule has 1 aromatic heterocycles. The number of anilines is 1. The standard InChI is InChI=1S/C20H16F4N2O3/c21-14-5-3-6-15-18(14)28-19(26-15)25-12-9-8-11(10-12)17(27)13-4-1-2-7-16(13)29-20(22,23)24/h1-7,11-12H,8-10H2,(H,25,26)/t11?,12-/m1/s1. The molecule has 1 saturated carbocycles. The minimum absolute atomic E-state index is 0.0406. The molecule has 0 aliphatic heterocycles. The topological polar surface area (TPSA) is 64.4 Å². The first-order chi connectivity index (χ1) is 13.8. The van der Waals surface area contributed by atoms with Gasteiger partial charge in [-0.1, -0.05) is 18.2 Å². The Balaban J connectivity index is 1.46. The van der Waals surface area contributed by atoms with Crippen molar-refractivity contribution in [3.63, 3.8) is 0 Å². The molecule has 0 radical (unpaired) electrons. The lowest BCUT2D eigenvalue weighted by atomic mass is 9.95. The van der Waals surface area contributed by atoms with E-state index in [0.29, 0.717) is 24.8 Å². The predicted octanol–water partition coefficient (Wildman–Crippen LogP) is 5.33. The van der Waals surface area contributed by atoms with E-state index in [1.54, 1.807) is 6.07 Å². The summed E-state index contributed by atoms with van der Waals surface area (Å²) in [4.78, 5) is 16.9. The molecule has 2 atom stereocenters. The van der Waals surface area contributed by atoms with Crippen molar-refractivity contribution in [1.29, 1.82) is 0 Å². The van der Waals surface area contributed by atoms with Crippen LogP contribution >= 0.6 is 0 Å². The number of hydrogen-bond donors (Lipinski definition) is 1. The molecule has 9 heteroatoms. The zero-order chi connectivity index (χ0) is 20.6. The van der Waals surface area contributed by atoms with Gasteiger partial charge in [0.15, 0.2) is 17.2 Å². The molecule has 0 amide bonds. The second-order valence-corrected chi connectivity index (χ2v) is 6.87. The first-order valence-corrected chi connectivity index (χ1v) is 9.01. The number of nitrogens with zero attached hydrogens (tertiary/aromatic N) is 1. The van der Waals surface area contributed by atoms with E-state index in [4.69, 9.17) is 4.42 Å². The van der Waals surface area contributed by atoms with Crippen molar-refractivity contribution < 1.29 is 31.5 Å². The van der Waals surface area contributed by atoms with Gasteiger partial charge in [0.25, 0.3) is 6.01 Å². The highest BCUT2D eigenvalue weighted by atomic mass is 19.4. The molecule has 0 bridgehead atoms. The number of para-hydroxylation sites is 2. The number of carbonyl (C=O) groups excluding carboxylic acids is 1. The predicted molar refractivity (Wildman–Crippen MR) is 96.2 cm³/mol. The van der Waals surface area contributed by atoms with Crippen LogP contribution in [0.2, 0.25) is 0 Å². The van der Waals surface area contributed by atoms with Crippen molar-refractivity contribution in [1.82, 2.24) is 4.98 Å². The third kappa shape index (κ3) is 4.18. The summed E-state index contributed by atoms with van der Waals surface area (Å²) in [6.45, 7) is 0. The smallest absolute Gasteiger partial charge is 0.420 e. The minimum Gasteiger partial charge on any atom is -0.420 e. The van der Waals surface area contributed by atoms with Crippen molar-refractivity contribution >= 4 is 22.9 Å². The van der Waals surface area contributed by atoms with Gasteiger partial charge in [0.2, 0.25) is 0 Å². The van der Waals surface area contributed by atoms with Crippen LogP contribution in [0, 0.1) is 11.7 Å². The average molecular weight is 408 g/mol. The molecule has 1 N–H and O–H groups in total. The van der Waals surface area contributed by atoms with Crippen LogP contribution in [0.5, 0.6) is 5.75 Å². The van der Waals surface area contributed by atoms with E-state index in [1.165, 1.54) is 30.3 Å². The normalized spacial score (nSPS) is 19.4. The summed E-state index contributed by atoms with van der Waals surface area (Å²) in [6.07, 6.45) is -3.40. The monoisotopic (exact) mass is 408 g/mol. The lowest BCUT2D eigenvalue weighted by Gasteiger charge is -2.15. The minimum atomic E-state index is -4.88. The molecule has 1 fully saturated rings. The lowest BCUT2D eigenvalue weighted by Crippen LogP contribution is -2.21. The Bertz CT molecular complexity index is 1050. The first kappa shape index (κ1) is 19.2. The number of benzene rings is 2. The molecule has 29 heavy (non-hydrogen) atoms. The van der Waals surface area contributed by atoms with Crippen LogP contribution in [0.1, 0.15) is 29.6 Å². The molecule has 5 nitrogen and oxygen atoms in total. The van der Waals surface area contributed by atoms with Crippen LogP contribution in [-0.2, 0) is 0 Å². The number of carbonyl (C=O) groups is 1. The Morgan fingerprint density at radius 2 is 1.93 bits per heavy atom. The van der Waals surface area contributed by atoms with E-state index in [-0.39, 0.29) is 23.2 Å². The van der Waals surface area contributed by atoms with Crippen LogP contribution in [-0.4, -0.2) is 23.2 Å². The maximum atomic E-state index is 13.7. The number of alkyl halides is 3. The highest BCUT2D eigenvalue weighted by molar-refractivity contribution is 6.00. The van der Waals surface area contributed by atoms with Gasteiger partial charge in [0, 0.05) is 12.0 Å². The zero-order valence-corrected chi connectivity index (χ0v) is 15.0. The summed E-state index contributed by atoms with van der Waals surface area (Å²) in [5, 5.41) is 3.04. The quantitative estimate of drug-likeness (QED) is 0.457. The Labute approximate surface area is 162 Å². The molecular weight excluding hydrogens is 392 g/mol. The SMILES string of the molecule is O=C(c1ccccc1OC(F)(F)F)C1CC[C@@H](Nc2nc3cccc(F)c3o2)C1. The number of nitrogens with one attached hydrogen (secondary N) is 1. The summed E-state index contributed by atoms with van der Waals surface area (Å²) in [5.74, 6) is -1.90. The molecule has 1 aliphatic rings. The molecular formula is C20H16F4N2O3. The van der Waals surface area contributed by atoms with E-state index in [9.17, 15) is 22.4 Å². The van der Waals surface area contributed by atoms with Crippen molar-refractivity contribution in [2.75, 3.05) is 5.32 Å². The third-order valence-corrected chi connectivity index (χ3v) is 4.88. The van der Waals surface area contributed by atoms with Gasteiger partial charge < -0.3 is 14.5 Å². The molecule has 0 saturated heterocycles. The molecule has 2 aromatic carbocycles. The maximum absolute atomic E-state index is 13.7. The van der Waals surface area contributed by atoms with Gasteiger partial charge in [0.05, 0.1) is 5.56 Å². The van der Waals surface area contributed by atoms with Crippen molar-refractivity contribution in [3.8, 4) is 5.75 Å². The summed E-state index contributed by atoms with van der Waals surface area (Å²) >= 11 is 0. The van der Waals surface area contributed by atoms with E-state index in [2.05, 4.69) is 15.0 Å². The number of halogens is 4. The number of oxazole rings is 1. The Morgan fingerprint density at radius 1 is 1.14 bits per heavy atom. The fourth-order valence-corrected chi connectivity index (χ4v) is 3.61. The van der Waals surface area contributed by atoms with Crippen LogP contribution < -0.4 is 10.1 Å². The van der Waals surface area contributed by atoms with E-state index < -0.39 is 29.6 Å². The maximum Gasteiger partial charge on any atom is 0.573 e. The molecule has 4 rings (SSSR count). The number of aromatic nitrogens is 1. The number of hydrogen-bond acceptors (Lipinski definition) is 5. The summed E-state index contributed by atoms with van der Waals surface area (Å²) < 4.78 is 60.9. The summed E-state index contributed by atoms with van der Waals surface area (Å²) in [7, 11) is 0. The molecule has 152 valence electrons. The highest BCUT2D eigenvalue weighted by Gasteiger charge is 2.36. The second kappa shape index (κ2) is 7.38. The van der Waals surface area contributed by atoms with Gasteiger partial charge in [-0.05, 0) is 43.5 Å². The molecule has 3 aromatic rings. The third-order valence-electron chi connectivity index (χ3n) is 4.88. The van der Waals surface area contributed by atoms with Gasteiger partial charge in [0.1, 0.15) is 11.3 Å². The largest absolute Gasteiger partial charge is 0.573 e. The van der Waals surface area contributed by atoms with Gasteiger partial charge in [-0.25, -0.2) is 4.39 Å². The van der Waals surface area contributed by atoms with Gasteiger partial charge in [-0.3, -0.25) is 4.79 Å². The van der Waals surface area contributed by atoms with E-state index in [0.717, 1.165) is 6.07 Å². The van der Waals surface area contributed by atoms with E-state index >= 15 is 0 Å². The number of Topliss-reactive ketones (excluding diaryl/α,β-unsaturated/α-hetero) is 1. The Morgan fingerprint density at radius 3 is 2.69 bits per heavy atom. The van der Waals surface area contributed by atoms with Crippen LogP contribution in [0.3, 0.4) is 0 Å². The van der Waals surface area contributed by atoms with Crippen LogP contribution in [0.4, 0.5) is 23.6 Å². The van der Waals surface area contributed by atoms with Gasteiger partial charge in [-0.2, -0.15) is 4.98 Å². The first-order valence-electron chi connectivity index (χ1n) is 9.01. The van der Waals surface area contributed by atoms with Crippen LogP contribution in [0.15, 0.2) is 46.9 Å². The van der Waals surface area contributed by atoms with Gasteiger partial charge in [-0.15, -0.1) is 13.2 Å². The molecule has 1 heterocycles. The number of rotatable bonds is 5. The summed E-state index contributed by atoms with van der Waals surface area (Å²) in [6, 6.07) is 9.70. The van der Waals surface area contributed by atoms with Crippen molar-refractivity contribution in [3.05, 3.63) is 53.8 Å². The molecule has 1 aliphatic carbocycles. The number of ether oxygens (including phenoxy) is 1. The fourth-order valence-electron chi connectivity index (χ4n) is 3.61.